The molecule has 2 unspecified atom stereocenters. The molecule has 3 heteroatoms. The van der Waals surface area contributed by atoms with Crippen LogP contribution >= 0.6 is 0 Å². The molecular formula is C14H28O2Si. The van der Waals surface area contributed by atoms with Crippen LogP contribution < -0.4 is 0 Å². The number of hydrogen-bond acceptors (Lipinski definition) is 2. The Morgan fingerprint density at radius 1 is 1.41 bits per heavy atom. The van der Waals surface area contributed by atoms with Gasteiger partial charge in [-0.3, -0.25) is 0 Å². The van der Waals surface area contributed by atoms with Crippen molar-refractivity contribution in [3.8, 4) is 0 Å². The minimum Gasteiger partial charge on any atom is -0.527 e. The molecule has 17 heavy (non-hydrogen) atoms. The summed E-state index contributed by atoms with van der Waals surface area (Å²) < 4.78 is 11.8. The Morgan fingerprint density at radius 2 is 2.12 bits per heavy atom. The first-order valence-electron chi connectivity index (χ1n) is 7.06. The monoisotopic (exact) mass is 256 g/mol. The molecule has 0 amide bonds. The van der Waals surface area contributed by atoms with Crippen LogP contribution in [0.1, 0.15) is 52.4 Å². The summed E-state index contributed by atoms with van der Waals surface area (Å²) >= 11 is 0. The van der Waals surface area contributed by atoms with Crippen LogP contribution in [-0.4, -0.2) is 15.7 Å². The number of unbranched alkanes of at least 4 members (excludes halogenated alkanes) is 1. The first-order valence-corrected chi connectivity index (χ1v) is 9.16. The largest absolute Gasteiger partial charge is 0.527 e. The molecule has 2 atom stereocenters. The zero-order valence-electron chi connectivity index (χ0n) is 11.7. The lowest BCUT2D eigenvalue weighted by molar-refractivity contribution is 0.254. The Labute approximate surface area is 108 Å². The topological polar surface area (TPSA) is 18.5 Å². The molecule has 1 fully saturated rings. The summed E-state index contributed by atoms with van der Waals surface area (Å²) in [5.41, 5.74) is 0.709. The molecule has 0 aromatic heterocycles. The standard InChI is InChI=1S/C14H28O2Si/c1-5-8-9-13(6-2)12-17(15-4,16-7-3)14-10-11-14/h7,13-14H,3,5-6,8-12H2,1-2,4H3. The molecule has 2 nitrogen and oxygen atoms in total. The van der Waals surface area contributed by atoms with E-state index in [9.17, 15) is 0 Å². The average Bonchev–Trinajstić information content (AvgIpc) is 3.17. The van der Waals surface area contributed by atoms with Gasteiger partial charge in [0.25, 0.3) is 0 Å². The van der Waals surface area contributed by atoms with E-state index >= 15 is 0 Å². The van der Waals surface area contributed by atoms with Gasteiger partial charge < -0.3 is 8.85 Å². The summed E-state index contributed by atoms with van der Waals surface area (Å²) in [4.78, 5) is 0. The number of hydrogen-bond donors (Lipinski definition) is 0. The molecule has 1 aliphatic carbocycles. The van der Waals surface area contributed by atoms with Gasteiger partial charge in [-0.2, -0.15) is 0 Å². The van der Waals surface area contributed by atoms with E-state index in [0.717, 1.165) is 12.0 Å². The fourth-order valence-electron chi connectivity index (χ4n) is 2.62. The van der Waals surface area contributed by atoms with Gasteiger partial charge >= 0.3 is 8.56 Å². The second kappa shape index (κ2) is 7.22. The maximum absolute atomic E-state index is 5.90. The van der Waals surface area contributed by atoms with Crippen LogP contribution in [0.3, 0.4) is 0 Å². The summed E-state index contributed by atoms with van der Waals surface area (Å²) in [6.07, 6.45) is 9.36. The third kappa shape index (κ3) is 4.14. The zero-order valence-corrected chi connectivity index (χ0v) is 12.7. The van der Waals surface area contributed by atoms with Gasteiger partial charge in [-0.25, -0.2) is 0 Å². The third-order valence-electron chi connectivity index (χ3n) is 3.94. The van der Waals surface area contributed by atoms with Crippen molar-refractivity contribution in [2.24, 2.45) is 5.92 Å². The Balaban J connectivity index is 2.59. The molecule has 0 aliphatic heterocycles. The predicted octanol–water partition coefficient (Wildman–Crippen LogP) is 4.62. The highest BCUT2D eigenvalue weighted by Crippen LogP contribution is 2.49. The fraction of sp³-hybridized carbons (Fsp3) is 0.857. The van der Waals surface area contributed by atoms with Crippen LogP contribution in [0.4, 0.5) is 0 Å². The summed E-state index contributed by atoms with van der Waals surface area (Å²) in [5.74, 6) is 0.766. The molecule has 0 N–H and O–H groups in total. The lowest BCUT2D eigenvalue weighted by Gasteiger charge is -2.31. The van der Waals surface area contributed by atoms with Gasteiger partial charge in [0.15, 0.2) is 0 Å². The SMILES string of the molecule is C=CO[Si](CC(CC)CCCC)(OC)C1CC1. The summed E-state index contributed by atoms with van der Waals surface area (Å²) in [6, 6.07) is 1.15. The summed E-state index contributed by atoms with van der Waals surface area (Å²) in [7, 11) is -0.154. The van der Waals surface area contributed by atoms with E-state index < -0.39 is 8.56 Å². The molecule has 100 valence electrons. The quantitative estimate of drug-likeness (QED) is 0.419. The average molecular weight is 256 g/mol. The molecule has 0 saturated heterocycles. The van der Waals surface area contributed by atoms with E-state index in [2.05, 4.69) is 20.4 Å². The van der Waals surface area contributed by atoms with Gasteiger partial charge in [-0.1, -0.05) is 46.1 Å². The smallest absolute Gasteiger partial charge is 0.401 e. The summed E-state index contributed by atoms with van der Waals surface area (Å²) in [5, 5.41) is 0. The van der Waals surface area contributed by atoms with Crippen molar-refractivity contribution in [1.82, 2.24) is 0 Å². The van der Waals surface area contributed by atoms with Gasteiger partial charge in [-0.15, -0.1) is 0 Å². The van der Waals surface area contributed by atoms with Crippen molar-refractivity contribution in [2.75, 3.05) is 7.11 Å². The van der Waals surface area contributed by atoms with Crippen molar-refractivity contribution in [1.29, 1.82) is 0 Å². The van der Waals surface area contributed by atoms with Crippen LogP contribution in [0, 0.1) is 5.92 Å². The van der Waals surface area contributed by atoms with Crippen molar-refractivity contribution in [3.63, 3.8) is 0 Å². The van der Waals surface area contributed by atoms with E-state index in [0.29, 0.717) is 5.54 Å². The van der Waals surface area contributed by atoms with Gasteiger partial charge in [-0.05, 0) is 18.8 Å². The second-order valence-corrected chi connectivity index (χ2v) is 8.69. The molecule has 0 spiro atoms. The minimum atomic E-state index is -1.99. The van der Waals surface area contributed by atoms with Crippen LogP contribution in [-0.2, 0) is 8.85 Å². The Hall–Kier alpha value is -0.283. The van der Waals surface area contributed by atoms with Gasteiger partial charge in [0.05, 0.1) is 6.26 Å². The summed E-state index contributed by atoms with van der Waals surface area (Å²) in [6.45, 7) is 8.28. The molecule has 1 saturated carbocycles. The molecule has 0 aromatic rings. The first-order chi connectivity index (χ1) is 8.22. The maximum Gasteiger partial charge on any atom is 0.401 e. The van der Waals surface area contributed by atoms with Gasteiger partial charge in [0.2, 0.25) is 0 Å². The fourth-order valence-corrected chi connectivity index (χ4v) is 6.46. The maximum atomic E-state index is 5.90. The molecule has 1 rings (SSSR count). The minimum absolute atomic E-state index is 0.709. The van der Waals surface area contributed by atoms with Crippen molar-refractivity contribution in [2.45, 2.75) is 64.0 Å². The highest BCUT2D eigenvalue weighted by molar-refractivity contribution is 6.70. The lowest BCUT2D eigenvalue weighted by atomic mass is 10.0. The van der Waals surface area contributed by atoms with Crippen molar-refractivity contribution in [3.05, 3.63) is 12.8 Å². The van der Waals surface area contributed by atoms with E-state index in [1.165, 1.54) is 38.5 Å². The van der Waals surface area contributed by atoms with E-state index in [-0.39, 0.29) is 0 Å². The van der Waals surface area contributed by atoms with Crippen molar-refractivity contribution >= 4 is 8.56 Å². The van der Waals surface area contributed by atoms with Crippen LogP contribution in [0.25, 0.3) is 0 Å². The van der Waals surface area contributed by atoms with E-state index in [4.69, 9.17) is 8.85 Å². The normalized spacial score (nSPS) is 20.6. The van der Waals surface area contributed by atoms with Crippen LogP contribution in [0.5, 0.6) is 0 Å². The lowest BCUT2D eigenvalue weighted by Crippen LogP contribution is -2.42. The highest BCUT2D eigenvalue weighted by atomic mass is 28.4. The molecule has 0 bridgehead atoms. The van der Waals surface area contributed by atoms with Gasteiger partial charge in [0.1, 0.15) is 0 Å². The molecular weight excluding hydrogens is 228 g/mol. The molecule has 0 heterocycles. The molecule has 0 radical (unpaired) electrons. The van der Waals surface area contributed by atoms with Crippen LogP contribution in [0.15, 0.2) is 12.8 Å². The van der Waals surface area contributed by atoms with Crippen molar-refractivity contribution < 1.29 is 8.85 Å². The Kier molecular flexibility index (Phi) is 6.27. The zero-order chi connectivity index (χ0) is 12.7. The van der Waals surface area contributed by atoms with Crippen LogP contribution in [0.2, 0.25) is 11.6 Å². The predicted molar refractivity (Wildman–Crippen MR) is 75.1 cm³/mol. The van der Waals surface area contributed by atoms with Gasteiger partial charge in [0, 0.05) is 18.7 Å². The molecule has 1 aliphatic rings. The van der Waals surface area contributed by atoms with E-state index in [1.54, 1.807) is 6.26 Å². The first kappa shape index (κ1) is 14.8. The second-order valence-electron chi connectivity index (χ2n) is 5.20. The Bertz CT molecular complexity index is 228. The van der Waals surface area contributed by atoms with E-state index in [1.807, 2.05) is 7.11 Å². The highest BCUT2D eigenvalue weighted by Gasteiger charge is 2.53. The third-order valence-corrected chi connectivity index (χ3v) is 8.17. The number of rotatable bonds is 10. The molecule has 0 aromatic carbocycles. The Morgan fingerprint density at radius 3 is 2.53 bits per heavy atom.